The topological polar surface area (TPSA) is 104 Å². The number of amides is 1. The van der Waals surface area contributed by atoms with Crippen molar-refractivity contribution >= 4 is 20.2 Å². The monoisotopic (exact) mass is 421 g/mol. The SMILES string of the molecule is CC(C)(C)OC(=O)N[C@H]1c2ccc(C(=N)NO)cc2CC1O[Si](C)(C)C(C)(C)C. The van der Waals surface area contributed by atoms with Crippen LogP contribution in [0.5, 0.6) is 0 Å². The van der Waals surface area contributed by atoms with E-state index in [1.54, 1.807) is 6.07 Å². The van der Waals surface area contributed by atoms with Crippen molar-refractivity contribution in [3.8, 4) is 0 Å². The Labute approximate surface area is 174 Å². The molecule has 1 aliphatic rings. The van der Waals surface area contributed by atoms with Crippen LogP contribution in [0.4, 0.5) is 4.79 Å². The van der Waals surface area contributed by atoms with Crippen molar-refractivity contribution in [2.45, 2.75) is 83.8 Å². The molecule has 4 N–H and O–H groups in total. The maximum Gasteiger partial charge on any atom is 0.408 e. The number of carbonyl (C=O) groups excluding carboxylic acids is 1. The number of hydrogen-bond acceptors (Lipinski definition) is 5. The summed E-state index contributed by atoms with van der Waals surface area (Å²) in [5.74, 6) is -0.0711. The first-order chi connectivity index (χ1) is 13.1. The van der Waals surface area contributed by atoms with E-state index in [1.807, 2.05) is 38.4 Å². The predicted octanol–water partition coefficient (Wildman–Crippen LogP) is 4.50. The zero-order valence-electron chi connectivity index (χ0n) is 18.8. The summed E-state index contributed by atoms with van der Waals surface area (Å²) in [6, 6.07) is 5.16. The van der Waals surface area contributed by atoms with Gasteiger partial charge in [0.2, 0.25) is 0 Å². The normalized spacial score (nSPS) is 19.5. The molecule has 162 valence electrons. The highest BCUT2D eigenvalue weighted by molar-refractivity contribution is 6.74. The molecular weight excluding hydrogens is 386 g/mol. The second kappa shape index (κ2) is 8.08. The summed E-state index contributed by atoms with van der Waals surface area (Å²) >= 11 is 0. The molecule has 2 atom stereocenters. The second-order valence-electron chi connectivity index (χ2n) is 10.1. The quantitative estimate of drug-likeness (QED) is 0.248. The molecule has 0 spiro atoms. The molecule has 0 saturated heterocycles. The highest BCUT2D eigenvalue weighted by Crippen LogP contribution is 2.42. The van der Waals surface area contributed by atoms with Crippen molar-refractivity contribution < 1.29 is 19.2 Å². The smallest absolute Gasteiger partial charge is 0.408 e. The number of hydrogen-bond donors (Lipinski definition) is 4. The number of alkyl carbamates (subject to hydrolysis) is 1. The molecule has 1 aromatic rings. The third-order valence-corrected chi connectivity index (χ3v) is 10.1. The fourth-order valence-corrected chi connectivity index (χ4v) is 4.44. The van der Waals surface area contributed by atoms with E-state index in [9.17, 15) is 4.79 Å². The van der Waals surface area contributed by atoms with Gasteiger partial charge in [-0.15, -0.1) is 0 Å². The van der Waals surface area contributed by atoms with Gasteiger partial charge in [0.25, 0.3) is 0 Å². The van der Waals surface area contributed by atoms with Gasteiger partial charge >= 0.3 is 6.09 Å². The Kier molecular flexibility index (Phi) is 6.52. The highest BCUT2D eigenvalue weighted by atomic mass is 28.4. The average Bonchev–Trinajstić information content (AvgIpc) is 2.87. The van der Waals surface area contributed by atoms with Crippen molar-refractivity contribution in [3.63, 3.8) is 0 Å². The van der Waals surface area contributed by atoms with Crippen LogP contribution >= 0.6 is 0 Å². The maximum absolute atomic E-state index is 12.5. The molecule has 0 aliphatic heterocycles. The first-order valence-corrected chi connectivity index (χ1v) is 12.8. The fourth-order valence-electron chi connectivity index (χ4n) is 3.11. The molecule has 1 unspecified atom stereocenters. The number of amidine groups is 1. The molecule has 7 nitrogen and oxygen atoms in total. The largest absolute Gasteiger partial charge is 0.444 e. The average molecular weight is 422 g/mol. The standard InChI is InChI=1S/C21H35N3O4Si/c1-20(2,3)27-19(25)23-17-15-10-9-13(18(22)24-26)11-14(15)12-16(17)28-29(7,8)21(4,5)6/h9-11,16-17,26H,12H2,1-8H3,(H2,22,24)(H,23,25)/t16?,17-/m0/s1. The zero-order valence-corrected chi connectivity index (χ0v) is 19.8. The third kappa shape index (κ3) is 5.58. The summed E-state index contributed by atoms with van der Waals surface area (Å²) in [4.78, 5) is 12.5. The van der Waals surface area contributed by atoms with Crippen molar-refractivity contribution in [2.75, 3.05) is 0 Å². The third-order valence-electron chi connectivity index (χ3n) is 5.60. The van der Waals surface area contributed by atoms with Crippen LogP contribution in [-0.2, 0) is 15.6 Å². The predicted molar refractivity (Wildman–Crippen MR) is 116 cm³/mol. The van der Waals surface area contributed by atoms with E-state index < -0.39 is 20.0 Å². The Morgan fingerprint density at radius 2 is 1.83 bits per heavy atom. The van der Waals surface area contributed by atoms with Crippen LogP contribution in [-0.4, -0.2) is 37.2 Å². The minimum absolute atomic E-state index is 0.0341. The van der Waals surface area contributed by atoms with E-state index in [0.29, 0.717) is 12.0 Å². The molecule has 1 aromatic carbocycles. The highest BCUT2D eigenvalue weighted by Gasteiger charge is 2.44. The molecule has 0 heterocycles. The number of nitrogens with one attached hydrogen (secondary N) is 3. The summed E-state index contributed by atoms with van der Waals surface area (Å²) in [5.41, 5.74) is 3.81. The van der Waals surface area contributed by atoms with Gasteiger partial charge in [0.15, 0.2) is 8.32 Å². The number of fused-ring (bicyclic) bond motifs is 1. The number of carbonyl (C=O) groups is 1. The Morgan fingerprint density at radius 1 is 1.21 bits per heavy atom. The minimum atomic E-state index is -2.08. The van der Waals surface area contributed by atoms with Crippen LogP contribution in [0.25, 0.3) is 0 Å². The second-order valence-corrected chi connectivity index (χ2v) is 14.9. The number of hydroxylamine groups is 1. The fraction of sp³-hybridized carbons (Fsp3) is 0.619. The maximum atomic E-state index is 12.5. The summed E-state index contributed by atoms with van der Waals surface area (Å²) in [6.45, 7) is 16.4. The van der Waals surface area contributed by atoms with Crippen molar-refractivity contribution in [1.29, 1.82) is 5.41 Å². The van der Waals surface area contributed by atoms with Crippen LogP contribution in [0.1, 0.15) is 64.3 Å². The Balaban J connectivity index is 2.35. The number of ether oxygens (including phenoxy) is 1. The molecule has 2 rings (SSSR count). The first kappa shape index (κ1) is 23.4. The Hall–Kier alpha value is -1.90. The van der Waals surface area contributed by atoms with E-state index in [1.165, 1.54) is 0 Å². The molecule has 0 bridgehead atoms. The molecule has 0 fully saturated rings. The molecule has 29 heavy (non-hydrogen) atoms. The first-order valence-electron chi connectivity index (χ1n) is 9.94. The number of benzene rings is 1. The van der Waals surface area contributed by atoms with Gasteiger partial charge in [-0.05, 0) is 56.1 Å². The summed E-state index contributed by atoms with van der Waals surface area (Å²) in [6.07, 6.45) is -0.0764. The van der Waals surface area contributed by atoms with Crippen LogP contribution in [0.3, 0.4) is 0 Å². The lowest BCUT2D eigenvalue weighted by molar-refractivity contribution is 0.0446. The summed E-state index contributed by atoms with van der Waals surface area (Å²) in [7, 11) is -2.08. The van der Waals surface area contributed by atoms with Gasteiger partial charge < -0.3 is 14.5 Å². The van der Waals surface area contributed by atoms with Crippen LogP contribution in [0, 0.1) is 5.41 Å². The molecule has 0 aromatic heterocycles. The van der Waals surface area contributed by atoms with Crippen LogP contribution in [0.2, 0.25) is 18.1 Å². The van der Waals surface area contributed by atoms with Crippen molar-refractivity contribution in [2.24, 2.45) is 0 Å². The van der Waals surface area contributed by atoms with Gasteiger partial charge in [-0.2, -0.15) is 0 Å². The summed E-state index contributed by atoms with van der Waals surface area (Å²) in [5, 5.41) is 19.9. The van der Waals surface area contributed by atoms with Gasteiger partial charge in [0.1, 0.15) is 11.4 Å². The van der Waals surface area contributed by atoms with Crippen molar-refractivity contribution in [1.82, 2.24) is 10.8 Å². The van der Waals surface area contributed by atoms with Crippen LogP contribution < -0.4 is 10.8 Å². The lowest BCUT2D eigenvalue weighted by Gasteiger charge is -2.40. The van der Waals surface area contributed by atoms with Gasteiger partial charge in [-0.25, -0.2) is 4.79 Å². The van der Waals surface area contributed by atoms with Gasteiger partial charge in [-0.1, -0.05) is 32.9 Å². The van der Waals surface area contributed by atoms with E-state index in [4.69, 9.17) is 19.8 Å². The molecule has 1 amide bonds. The van der Waals surface area contributed by atoms with E-state index in [0.717, 1.165) is 11.1 Å². The zero-order chi connectivity index (χ0) is 22.2. The minimum Gasteiger partial charge on any atom is -0.444 e. The van der Waals surface area contributed by atoms with E-state index in [2.05, 4.69) is 39.2 Å². The van der Waals surface area contributed by atoms with Crippen LogP contribution in [0.15, 0.2) is 18.2 Å². The van der Waals surface area contributed by atoms with Gasteiger partial charge in [0, 0.05) is 12.0 Å². The molecule has 8 heteroatoms. The summed E-state index contributed by atoms with van der Waals surface area (Å²) < 4.78 is 12.1. The van der Waals surface area contributed by atoms with E-state index in [-0.39, 0.29) is 23.0 Å². The lowest BCUT2D eigenvalue weighted by atomic mass is 10.0. The Morgan fingerprint density at radius 3 is 2.34 bits per heavy atom. The number of rotatable bonds is 4. The van der Waals surface area contributed by atoms with Gasteiger partial charge in [0.05, 0.1) is 12.1 Å². The molecule has 0 radical (unpaired) electrons. The van der Waals surface area contributed by atoms with Gasteiger partial charge in [-0.3, -0.25) is 16.1 Å². The Bertz CT molecular complexity index is 781. The molecule has 0 saturated carbocycles. The molecular formula is C21H35N3O4Si. The van der Waals surface area contributed by atoms with Crippen molar-refractivity contribution in [3.05, 3.63) is 34.9 Å². The lowest BCUT2D eigenvalue weighted by Crippen LogP contribution is -2.47. The molecule has 1 aliphatic carbocycles. The van der Waals surface area contributed by atoms with E-state index >= 15 is 0 Å².